The van der Waals surface area contributed by atoms with Gasteiger partial charge in [0.1, 0.15) is 5.75 Å². The van der Waals surface area contributed by atoms with Gasteiger partial charge in [-0.15, -0.1) is 0 Å². The number of para-hydroxylation sites is 1. The highest BCUT2D eigenvalue weighted by atomic mass is 16.5. The number of nitrogens with one attached hydrogen (secondary N) is 1. The molecule has 1 aliphatic heterocycles. The number of piperidine rings is 1. The zero-order chi connectivity index (χ0) is 26.5. The molecule has 37 heavy (non-hydrogen) atoms. The molecule has 1 heterocycles. The van der Waals surface area contributed by atoms with Crippen LogP contribution in [0.2, 0.25) is 0 Å². The lowest BCUT2D eigenvalue weighted by Gasteiger charge is -2.27. The van der Waals surface area contributed by atoms with E-state index in [-0.39, 0.29) is 11.8 Å². The number of benzene rings is 3. The molecule has 3 amide bonds. The molecular weight excluding hydrogens is 466 g/mol. The monoisotopic (exact) mass is 501 g/mol. The number of anilines is 2. The highest BCUT2D eigenvalue weighted by Crippen LogP contribution is 2.26. The van der Waals surface area contributed by atoms with Crippen LogP contribution < -0.4 is 15.0 Å². The Labute approximate surface area is 219 Å². The largest absolute Gasteiger partial charge is 0.476 e. The maximum atomic E-state index is 13.1. The summed E-state index contributed by atoms with van der Waals surface area (Å²) in [6.07, 6.45) is 2.64. The Balaban J connectivity index is 0.000000479. The van der Waals surface area contributed by atoms with E-state index in [0.717, 1.165) is 50.1 Å². The van der Waals surface area contributed by atoms with Crippen LogP contribution in [0.1, 0.15) is 44.8 Å². The molecule has 3 aromatic rings. The Hall–Kier alpha value is -4.13. The van der Waals surface area contributed by atoms with Crippen LogP contribution in [0.15, 0.2) is 84.9 Å². The Kier molecular flexibility index (Phi) is 10.7. The molecule has 0 spiro atoms. The van der Waals surface area contributed by atoms with E-state index in [0.29, 0.717) is 17.9 Å². The molecule has 194 valence electrons. The number of amides is 3. The number of nitrogens with zero attached hydrogens (tertiary/aromatic N) is 2. The molecule has 3 aromatic carbocycles. The van der Waals surface area contributed by atoms with Gasteiger partial charge in [-0.3, -0.25) is 14.4 Å². The Bertz CT molecular complexity index is 1120. The minimum Gasteiger partial charge on any atom is -0.476 e. The van der Waals surface area contributed by atoms with Crippen LogP contribution in [0.4, 0.5) is 11.4 Å². The average molecular weight is 502 g/mol. The van der Waals surface area contributed by atoms with Gasteiger partial charge in [-0.1, -0.05) is 48.5 Å². The maximum Gasteiger partial charge on any atom is 0.270 e. The topological polar surface area (TPSA) is 79.0 Å². The third kappa shape index (κ3) is 8.20. The van der Waals surface area contributed by atoms with Gasteiger partial charge in [-0.05, 0) is 63.1 Å². The highest BCUT2D eigenvalue weighted by Gasteiger charge is 2.23. The molecule has 0 bridgehead atoms. The highest BCUT2D eigenvalue weighted by molar-refractivity contribution is 5.96. The van der Waals surface area contributed by atoms with Gasteiger partial charge in [0.2, 0.25) is 18.4 Å². The van der Waals surface area contributed by atoms with Gasteiger partial charge in [0.25, 0.3) is 5.91 Å². The summed E-state index contributed by atoms with van der Waals surface area (Å²) in [5, 5.41) is 2.93. The first-order valence-electron chi connectivity index (χ1n) is 12.7. The molecule has 1 saturated heterocycles. The van der Waals surface area contributed by atoms with Gasteiger partial charge >= 0.3 is 0 Å². The standard InChI is InChI=1S/C25H24N2O3.C5H11NO/c28-23-13-7-8-18-27(23)21-16-14-20(15-17-21)26-25(29)24(19-9-3-1-4-10-19)30-22-11-5-2-6-12-22;1-3-6(4-2)5-7/h1-6,9-12,14-17,24H,7-8,13,18H2,(H,26,29);5H,3-4H2,1-2H3. The fourth-order valence-electron chi connectivity index (χ4n) is 3.92. The van der Waals surface area contributed by atoms with E-state index in [1.807, 2.05) is 98.8 Å². The van der Waals surface area contributed by atoms with E-state index in [2.05, 4.69) is 5.32 Å². The average Bonchev–Trinajstić information content (AvgIpc) is 2.95. The fourth-order valence-corrected chi connectivity index (χ4v) is 3.92. The van der Waals surface area contributed by atoms with Crippen LogP contribution in [0.3, 0.4) is 0 Å². The molecular formula is C30H35N3O4. The summed E-state index contributed by atoms with van der Waals surface area (Å²) >= 11 is 0. The first-order valence-corrected chi connectivity index (χ1v) is 12.7. The van der Waals surface area contributed by atoms with Crippen molar-refractivity contribution < 1.29 is 19.1 Å². The minimum absolute atomic E-state index is 0.151. The molecule has 1 atom stereocenters. The van der Waals surface area contributed by atoms with Crippen LogP contribution in [0, 0.1) is 0 Å². The summed E-state index contributed by atoms with van der Waals surface area (Å²) in [7, 11) is 0. The first kappa shape index (κ1) is 27.5. The molecule has 4 rings (SSSR count). The third-order valence-corrected chi connectivity index (χ3v) is 6.07. The summed E-state index contributed by atoms with van der Waals surface area (Å²) in [4.78, 5) is 38.6. The summed E-state index contributed by atoms with van der Waals surface area (Å²) in [5.74, 6) is 0.519. The van der Waals surface area contributed by atoms with Gasteiger partial charge in [0.05, 0.1) is 0 Å². The number of carbonyl (C=O) groups excluding carboxylic acids is 3. The van der Waals surface area contributed by atoms with Crippen molar-refractivity contribution >= 4 is 29.6 Å². The van der Waals surface area contributed by atoms with Crippen molar-refractivity contribution in [2.75, 3.05) is 29.9 Å². The van der Waals surface area contributed by atoms with E-state index in [9.17, 15) is 14.4 Å². The van der Waals surface area contributed by atoms with E-state index in [1.165, 1.54) is 0 Å². The maximum absolute atomic E-state index is 13.1. The van der Waals surface area contributed by atoms with Crippen molar-refractivity contribution in [2.24, 2.45) is 0 Å². The molecule has 1 fully saturated rings. The smallest absolute Gasteiger partial charge is 0.270 e. The zero-order valence-corrected chi connectivity index (χ0v) is 21.5. The van der Waals surface area contributed by atoms with E-state index >= 15 is 0 Å². The molecule has 1 N–H and O–H groups in total. The van der Waals surface area contributed by atoms with Crippen LogP contribution in [0.5, 0.6) is 5.75 Å². The second-order valence-corrected chi connectivity index (χ2v) is 8.59. The Morgan fingerprint density at radius 2 is 1.57 bits per heavy atom. The second kappa shape index (κ2) is 14.4. The van der Waals surface area contributed by atoms with E-state index < -0.39 is 6.10 Å². The van der Waals surface area contributed by atoms with Crippen molar-refractivity contribution in [3.05, 3.63) is 90.5 Å². The van der Waals surface area contributed by atoms with Crippen molar-refractivity contribution in [3.8, 4) is 5.75 Å². The fraction of sp³-hybridized carbons (Fsp3) is 0.300. The number of rotatable bonds is 9. The lowest BCUT2D eigenvalue weighted by Crippen LogP contribution is -2.35. The minimum atomic E-state index is -0.781. The van der Waals surface area contributed by atoms with Gasteiger partial charge < -0.3 is 19.9 Å². The lowest BCUT2D eigenvalue weighted by molar-refractivity contribution is -0.123. The SMILES string of the molecule is CCN(C=O)CC.O=C(Nc1ccc(N2CCCCC2=O)cc1)C(Oc1ccccc1)c1ccccc1. The molecule has 0 saturated carbocycles. The zero-order valence-electron chi connectivity index (χ0n) is 21.5. The number of hydrogen-bond donors (Lipinski definition) is 1. The van der Waals surface area contributed by atoms with Gasteiger partial charge in [0.15, 0.2) is 0 Å². The van der Waals surface area contributed by atoms with Gasteiger partial charge in [0, 0.05) is 43.0 Å². The van der Waals surface area contributed by atoms with Crippen molar-refractivity contribution in [2.45, 2.75) is 39.2 Å². The quantitative estimate of drug-likeness (QED) is 0.396. The normalized spacial score (nSPS) is 13.6. The summed E-state index contributed by atoms with van der Waals surface area (Å²) in [5.41, 5.74) is 2.29. The number of carbonyl (C=O) groups is 3. The Morgan fingerprint density at radius 1 is 0.946 bits per heavy atom. The molecule has 0 aliphatic carbocycles. The van der Waals surface area contributed by atoms with E-state index in [4.69, 9.17) is 4.74 Å². The molecule has 0 radical (unpaired) electrons. The molecule has 1 aliphatic rings. The molecule has 1 unspecified atom stereocenters. The summed E-state index contributed by atoms with van der Waals surface area (Å²) in [6, 6.07) is 26.1. The Morgan fingerprint density at radius 3 is 2.11 bits per heavy atom. The second-order valence-electron chi connectivity index (χ2n) is 8.59. The molecule has 7 nitrogen and oxygen atoms in total. The number of hydrogen-bond acceptors (Lipinski definition) is 4. The van der Waals surface area contributed by atoms with Crippen molar-refractivity contribution in [1.29, 1.82) is 0 Å². The van der Waals surface area contributed by atoms with E-state index in [1.54, 1.807) is 9.80 Å². The predicted molar refractivity (Wildman–Crippen MR) is 147 cm³/mol. The van der Waals surface area contributed by atoms with Crippen LogP contribution >= 0.6 is 0 Å². The van der Waals surface area contributed by atoms with Crippen molar-refractivity contribution in [1.82, 2.24) is 4.90 Å². The van der Waals surface area contributed by atoms with Crippen molar-refractivity contribution in [3.63, 3.8) is 0 Å². The molecule has 7 heteroatoms. The lowest BCUT2D eigenvalue weighted by atomic mass is 10.1. The summed E-state index contributed by atoms with van der Waals surface area (Å²) in [6.45, 7) is 6.29. The predicted octanol–water partition coefficient (Wildman–Crippen LogP) is 5.45. The first-order chi connectivity index (χ1) is 18.0. The number of ether oxygens (including phenoxy) is 1. The van der Waals surface area contributed by atoms with Gasteiger partial charge in [-0.25, -0.2) is 0 Å². The van der Waals surface area contributed by atoms with Gasteiger partial charge in [-0.2, -0.15) is 0 Å². The summed E-state index contributed by atoms with van der Waals surface area (Å²) < 4.78 is 6.00. The molecule has 0 aromatic heterocycles. The van der Waals surface area contributed by atoms with Crippen LogP contribution in [0.25, 0.3) is 0 Å². The van der Waals surface area contributed by atoms with Crippen LogP contribution in [-0.4, -0.2) is 42.8 Å². The third-order valence-electron chi connectivity index (χ3n) is 6.07. The van der Waals surface area contributed by atoms with Crippen LogP contribution in [-0.2, 0) is 14.4 Å².